The molecule has 168 valence electrons. The molecule has 4 aromatic rings. The number of sulfone groups is 1. The molecule has 0 atom stereocenters. The quantitative estimate of drug-likeness (QED) is 0.272. The van der Waals surface area contributed by atoms with Crippen LogP contribution in [0.4, 0.5) is 16.4 Å². The van der Waals surface area contributed by atoms with Crippen molar-refractivity contribution in [3.05, 3.63) is 98.8 Å². The largest absolute Gasteiger partial charge is 0.396 e. The highest BCUT2D eigenvalue weighted by atomic mass is 79.9. The van der Waals surface area contributed by atoms with E-state index in [9.17, 15) is 13.2 Å². The molecule has 0 saturated heterocycles. The van der Waals surface area contributed by atoms with Gasteiger partial charge in [0.05, 0.1) is 10.6 Å². The number of nitrogen functional groups attached to an aromatic ring is 1. The van der Waals surface area contributed by atoms with Gasteiger partial charge in [-0.1, -0.05) is 57.9 Å². The number of ketones is 1. The molecule has 0 bridgehead atoms. The van der Waals surface area contributed by atoms with Gasteiger partial charge < -0.3 is 11.1 Å². The number of benzene rings is 3. The average molecular weight is 541 g/mol. The van der Waals surface area contributed by atoms with Gasteiger partial charge in [-0.3, -0.25) is 4.79 Å². The number of hydrogen-bond donors (Lipinski definition) is 2. The fraction of sp³-hybridized carbons (Fsp3) is 0.0800. The fourth-order valence-electron chi connectivity index (χ4n) is 3.52. The van der Waals surface area contributed by atoms with Crippen molar-refractivity contribution in [1.29, 1.82) is 0 Å². The Balaban J connectivity index is 1.89. The molecular weight excluding hydrogens is 520 g/mol. The number of hydrogen-bond acceptors (Lipinski definition) is 6. The number of rotatable bonds is 6. The Hall–Kier alpha value is -2.94. The van der Waals surface area contributed by atoms with Crippen LogP contribution in [0, 0.1) is 13.8 Å². The first-order valence-electron chi connectivity index (χ1n) is 10.1. The Kier molecular flexibility index (Phi) is 6.43. The van der Waals surface area contributed by atoms with Gasteiger partial charge in [0.1, 0.15) is 14.8 Å². The minimum absolute atomic E-state index is 0.0497. The van der Waals surface area contributed by atoms with E-state index < -0.39 is 9.84 Å². The molecule has 3 aromatic carbocycles. The van der Waals surface area contributed by atoms with Crippen LogP contribution in [0.25, 0.3) is 0 Å². The normalized spacial score (nSPS) is 11.4. The maximum Gasteiger partial charge on any atom is 0.211 e. The number of carbonyl (C=O) groups excluding carboxylic acids is 1. The van der Waals surface area contributed by atoms with Crippen LogP contribution < -0.4 is 11.1 Å². The number of aryl methyl sites for hydroxylation is 2. The number of anilines is 3. The second-order valence-electron chi connectivity index (χ2n) is 7.60. The molecule has 4 rings (SSSR count). The molecule has 0 unspecified atom stereocenters. The van der Waals surface area contributed by atoms with Crippen LogP contribution in [-0.2, 0) is 9.84 Å². The molecule has 1 heterocycles. The maximum absolute atomic E-state index is 13.6. The summed E-state index contributed by atoms with van der Waals surface area (Å²) >= 11 is 4.38. The topological polar surface area (TPSA) is 89.3 Å². The number of thiophene rings is 1. The van der Waals surface area contributed by atoms with Crippen LogP contribution in [0.15, 0.2) is 87.1 Å². The summed E-state index contributed by atoms with van der Waals surface area (Å²) < 4.78 is 28.0. The first-order chi connectivity index (χ1) is 15.7. The minimum atomic E-state index is -4.00. The third-order valence-electron chi connectivity index (χ3n) is 5.16. The predicted molar refractivity (Wildman–Crippen MR) is 137 cm³/mol. The van der Waals surface area contributed by atoms with Crippen molar-refractivity contribution in [2.45, 2.75) is 23.6 Å². The fourth-order valence-corrected chi connectivity index (χ4v) is 6.71. The lowest BCUT2D eigenvalue weighted by atomic mass is 10.0. The molecule has 1 aromatic heterocycles. The zero-order valence-corrected chi connectivity index (χ0v) is 21.1. The summed E-state index contributed by atoms with van der Waals surface area (Å²) in [5, 5.41) is 3.45. The number of carbonyl (C=O) groups is 1. The van der Waals surface area contributed by atoms with Gasteiger partial charge in [-0.15, -0.1) is 11.3 Å². The van der Waals surface area contributed by atoms with Crippen LogP contribution in [0.5, 0.6) is 0 Å². The van der Waals surface area contributed by atoms with Gasteiger partial charge in [0.2, 0.25) is 15.6 Å². The Morgan fingerprint density at radius 1 is 0.970 bits per heavy atom. The third-order valence-corrected chi connectivity index (χ3v) is 8.79. The molecule has 0 aliphatic carbocycles. The van der Waals surface area contributed by atoms with Crippen LogP contribution >= 0.6 is 27.3 Å². The van der Waals surface area contributed by atoms with Gasteiger partial charge in [-0.25, -0.2) is 8.42 Å². The number of para-hydroxylation sites is 1. The maximum atomic E-state index is 13.6. The van der Waals surface area contributed by atoms with Crippen molar-refractivity contribution in [1.82, 2.24) is 0 Å². The van der Waals surface area contributed by atoms with Crippen molar-refractivity contribution in [3.63, 3.8) is 0 Å². The Morgan fingerprint density at radius 2 is 1.64 bits per heavy atom. The van der Waals surface area contributed by atoms with Crippen molar-refractivity contribution in [2.24, 2.45) is 0 Å². The van der Waals surface area contributed by atoms with Gasteiger partial charge in [0.15, 0.2) is 0 Å². The third kappa shape index (κ3) is 4.59. The molecule has 0 fully saturated rings. The lowest BCUT2D eigenvalue weighted by molar-refractivity contribution is 0.104. The van der Waals surface area contributed by atoms with Gasteiger partial charge in [0.25, 0.3) is 0 Å². The zero-order chi connectivity index (χ0) is 23.8. The lowest BCUT2D eigenvalue weighted by Gasteiger charge is -2.10. The molecule has 0 aliphatic rings. The van der Waals surface area contributed by atoms with E-state index in [4.69, 9.17) is 5.73 Å². The Bertz CT molecular complexity index is 1450. The first kappa shape index (κ1) is 23.2. The van der Waals surface area contributed by atoms with Crippen LogP contribution in [-0.4, -0.2) is 14.2 Å². The number of nitrogens with two attached hydrogens (primary N) is 1. The molecule has 0 radical (unpaired) electrons. The molecular formula is C25H21BrN2O3S2. The van der Waals surface area contributed by atoms with E-state index in [1.807, 2.05) is 56.3 Å². The molecule has 3 N–H and O–H groups in total. The van der Waals surface area contributed by atoms with Gasteiger partial charge >= 0.3 is 0 Å². The summed E-state index contributed by atoms with van der Waals surface area (Å²) in [5.74, 6) is -0.302. The monoisotopic (exact) mass is 540 g/mol. The standard InChI is InChI=1S/C25H21BrN2O3S2/c1-15-8-13-20(16(2)14-15)22(29)23-21(27)24(25(32-23)28-18-6-4-3-5-7-18)33(30,31)19-11-9-17(26)10-12-19/h3-14,28H,27H2,1-2H3. The van der Waals surface area contributed by atoms with Crippen LogP contribution in [0.3, 0.4) is 0 Å². The molecule has 5 nitrogen and oxygen atoms in total. The summed E-state index contributed by atoms with van der Waals surface area (Å²) in [7, 11) is -4.00. The second kappa shape index (κ2) is 9.13. The average Bonchev–Trinajstić information content (AvgIpc) is 3.10. The van der Waals surface area contributed by atoms with E-state index in [-0.39, 0.29) is 26.1 Å². The van der Waals surface area contributed by atoms with Gasteiger partial charge in [-0.2, -0.15) is 0 Å². The molecule has 8 heteroatoms. The van der Waals surface area contributed by atoms with Crippen LogP contribution in [0.2, 0.25) is 0 Å². The molecule has 33 heavy (non-hydrogen) atoms. The molecule has 0 saturated carbocycles. The van der Waals surface area contributed by atoms with Crippen molar-refractivity contribution in [3.8, 4) is 0 Å². The van der Waals surface area contributed by atoms with E-state index in [0.29, 0.717) is 16.3 Å². The van der Waals surface area contributed by atoms with Crippen molar-refractivity contribution >= 4 is 59.3 Å². The summed E-state index contributed by atoms with van der Waals surface area (Å²) in [4.78, 5) is 13.6. The second-order valence-corrected chi connectivity index (χ2v) is 11.4. The molecule has 0 amide bonds. The van der Waals surface area contributed by atoms with Gasteiger partial charge in [-0.05, 0) is 55.8 Å². The summed E-state index contributed by atoms with van der Waals surface area (Å²) in [6.45, 7) is 3.80. The summed E-state index contributed by atoms with van der Waals surface area (Å²) in [5.41, 5.74) is 9.37. The lowest BCUT2D eigenvalue weighted by Crippen LogP contribution is -2.09. The Morgan fingerprint density at radius 3 is 2.27 bits per heavy atom. The number of halogens is 1. The van der Waals surface area contributed by atoms with Crippen molar-refractivity contribution in [2.75, 3.05) is 11.1 Å². The van der Waals surface area contributed by atoms with E-state index in [1.54, 1.807) is 18.2 Å². The molecule has 0 spiro atoms. The minimum Gasteiger partial charge on any atom is -0.396 e. The van der Waals surface area contributed by atoms with E-state index in [0.717, 1.165) is 26.9 Å². The smallest absolute Gasteiger partial charge is 0.211 e. The predicted octanol–water partition coefficient (Wildman–Crippen LogP) is 6.52. The molecule has 0 aliphatic heterocycles. The Labute approximate surface area is 205 Å². The van der Waals surface area contributed by atoms with E-state index in [2.05, 4.69) is 21.2 Å². The SMILES string of the molecule is Cc1ccc(C(=O)c2sc(Nc3ccccc3)c(S(=O)(=O)c3ccc(Br)cc3)c2N)c(C)c1. The number of nitrogens with one attached hydrogen (secondary N) is 1. The highest BCUT2D eigenvalue weighted by molar-refractivity contribution is 9.10. The summed E-state index contributed by atoms with van der Waals surface area (Å²) in [6, 6.07) is 21.0. The summed E-state index contributed by atoms with van der Waals surface area (Å²) in [6.07, 6.45) is 0. The van der Waals surface area contributed by atoms with Crippen molar-refractivity contribution < 1.29 is 13.2 Å². The highest BCUT2D eigenvalue weighted by Gasteiger charge is 2.32. The van der Waals surface area contributed by atoms with E-state index >= 15 is 0 Å². The van der Waals surface area contributed by atoms with E-state index in [1.165, 1.54) is 12.1 Å². The highest BCUT2D eigenvalue weighted by Crippen LogP contribution is 2.44. The first-order valence-corrected chi connectivity index (χ1v) is 13.1. The van der Waals surface area contributed by atoms with Gasteiger partial charge in [0, 0.05) is 15.7 Å². The van der Waals surface area contributed by atoms with Crippen LogP contribution in [0.1, 0.15) is 26.4 Å². The zero-order valence-electron chi connectivity index (χ0n) is 17.9.